The first kappa shape index (κ1) is 16.5. The Bertz CT molecular complexity index is 589. The molecule has 2 nitrogen and oxygen atoms in total. The smallest absolute Gasteiger partial charge is 0.0453 e. The molecule has 0 saturated heterocycles. The maximum absolute atomic E-state index is 6.24. The van der Waals surface area contributed by atoms with Crippen LogP contribution in [0.3, 0.4) is 0 Å². The fourth-order valence-electron chi connectivity index (χ4n) is 2.32. The molecule has 0 aliphatic carbocycles. The van der Waals surface area contributed by atoms with Crippen LogP contribution in [0.15, 0.2) is 53.0 Å². The number of nitrogens with two attached hydrogens (primary N) is 1. The van der Waals surface area contributed by atoms with Crippen LogP contribution in [0.5, 0.6) is 0 Å². The Morgan fingerprint density at radius 2 is 1.95 bits per heavy atom. The fourth-order valence-corrected chi connectivity index (χ4v) is 3.04. The lowest BCUT2D eigenvalue weighted by Gasteiger charge is -2.20. The van der Waals surface area contributed by atoms with Crippen LogP contribution >= 0.6 is 27.5 Å². The highest BCUT2D eigenvalue weighted by Crippen LogP contribution is 2.23. The van der Waals surface area contributed by atoms with Crippen LogP contribution in [-0.2, 0) is 6.54 Å². The Morgan fingerprint density at radius 3 is 2.67 bits per heavy atom. The molecule has 1 unspecified atom stereocenters. The van der Waals surface area contributed by atoms with Crippen LogP contribution in [-0.4, -0.2) is 18.5 Å². The van der Waals surface area contributed by atoms with E-state index in [1.54, 1.807) is 0 Å². The second kappa shape index (κ2) is 7.95. The Balaban J connectivity index is 1.86. The maximum atomic E-state index is 6.24. The van der Waals surface area contributed by atoms with Crippen LogP contribution in [0, 0.1) is 0 Å². The molecule has 4 heteroatoms. The third kappa shape index (κ3) is 5.11. The third-order valence-electron chi connectivity index (χ3n) is 3.47. The molecule has 0 aliphatic heterocycles. The molecular weight excluding hydrogens is 348 g/mol. The van der Waals surface area contributed by atoms with Crippen LogP contribution in [0.1, 0.15) is 23.6 Å². The summed E-state index contributed by atoms with van der Waals surface area (Å²) in [5.41, 5.74) is 8.56. The van der Waals surface area contributed by atoms with Crippen LogP contribution in [0.2, 0.25) is 5.02 Å². The average Bonchev–Trinajstić information content (AvgIpc) is 2.45. The van der Waals surface area contributed by atoms with Crippen LogP contribution < -0.4 is 5.73 Å². The summed E-state index contributed by atoms with van der Waals surface area (Å²) in [4.78, 5) is 2.28. The van der Waals surface area contributed by atoms with E-state index in [1.165, 1.54) is 5.56 Å². The zero-order chi connectivity index (χ0) is 15.2. The summed E-state index contributed by atoms with van der Waals surface area (Å²) in [6, 6.07) is 16.1. The molecule has 2 aromatic carbocycles. The second-order valence-electron chi connectivity index (χ2n) is 5.28. The van der Waals surface area contributed by atoms with Gasteiger partial charge in [0.15, 0.2) is 0 Å². The van der Waals surface area contributed by atoms with Gasteiger partial charge in [0.1, 0.15) is 0 Å². The van der Waals surface area contributed by atoms with Gasteiger partial charge < -0.3 is 10.6 Å². The summed E-state index contributed by atoms with van der Waals surface area (Å²) in [6.45, 7) is 1.84. The maximum Gasteiger partial charge on any atom is 0.0453 e. The van der Waals surface area contributed by atoms with Crippen molar-refractivity contribution in [1.82, 2.24) is 4.90 Å². The van der Waals surface area contributed by atoms with Gasteiger partial charge in [-0.3, -0.25) is 0 Å². The molecule has 2 N–H and O–H groups in total. The minimum Gasteiger partial charge on any atom is -0.324 e. The molecule has 0 amide bonds. The van der Waals surface area contributed by atoms with E-state index in [1.807, 2.05) is 30.3 Å². The molecule has 0 fully saturated rings. The van der Waals surface area contributed by atoms with Gasteiger partial charge in [0, 0.05) is 22.1 Å². The third-order valence-corrected chi connectivity index (χ3v) is 4.31. The summed E-state index contributed by atoms with van der Waals surface area (Å²) in [5, 5.41) is 0.750. The lowest BCUT2D eigenvalue weighted by atomic mass is 10.0. The van der Waals surface area contributed by atoms with E-state index >= 15 is 0 Å². The number of benzene rings is 2. The van der Waals surface area contributed by atoms with E-state index in [0.717, 1.165) is 34.6 Å². The van der Waals surface area contributed by atoms with Gasteiger partial charge >= 0.3 is 0 Å². The first-order valence-electron chi connectivity index (χ1n) is 6.99. The predicted octanol–water partition coefficient (Wildman–Crippen LogP) is 4.62. The minimum atomic E-state index is -0.0244. The highest BCUT2D eigenvalue weighted by molar-refractivity contribution is 9.10. The normalized spacial score (nSPS) is 12.6. The van der Waals surface area contributed by atoms with Gasteiger partial charge in [-0.15, -0.1) is 0 Å². The van der Waals surface area contributed by atoms with Crippen LogP contribution in [0.4, 0.5) is 0 Å². The molecule has 112 valence electrons. The number of hydrogen-bond acceptors (Lipinski definition) is 2. The Hall–Kier alpha value is -0.870. The van der Waals surface area contributed by atoms with E-state index in [0.29, 0.717) is 0 Å². The zero-order valence-corrected chi connectivity index (χ0v) is 14.4. The van der Waals surface area contributed by atoms with Gasteiger partial charge in [-0.05, 0) is 49.3 Å². The molecule has 0 aromatic heterocycles. The van der Waals surface area contributed by atoms with Gasteiger partial charge in [0.25, 0.3) is 0 Å². The summed E-state index contributed by atoms with van der Waals surface area (Å²) in [6.07, 6.45) is 0.883. The topological polar surface area (TPSA) is 29.3 Å². The highest BCUT2D eigenvalue weighted by Gasteiger charge is 2.10. The molecule has 0 saturated carbocycles. The van der Waals surface area contributed by atoms with E-state index in [-0.39, 0.29) is 6.04 Å². The monoisotopic (exact) mass is 366 g/mol. The summed E-state index contributed by atoms with van der Waals surface area (Å²) in [7, 11) is 2.11. The lowest BCUT2D eigenvalue weighted by molar-refractivity contribution is 0.311. The molecule has 0 aliphatic rings. The summed E-state index contributed by atoms with van der Waals surface area (Å²) >= 11 is 9.68. The van der Waals surface area contributed by atoms with E-state index in [9.17, 15) is 0 Å². The molecule has 2 aromatic rings. The predicted molar refractivity (Wildman–Crippen MR) is 93.5 cm³/mol. The summed E-state index contributed by atoms with van der Waals surface area (Å²) in [5.74, 6) is 0. The average molecular weight is 368 g/mol. The van der Waals surface area contributed by atoms with E-state index < -0.39 is 0 Å². The van der Waals surface area contributed by atoms with Crippen molar-refractivity contribution in [1.29, 1.82) is 0 Å². The standard InChI is InChI=1S/C17H20BrClN2/c1-21(12-13-5-4-6-14(18)11-13)10-9-17(20)15-7-2-3-8-16(15)19/h2-8,11,17H,9-10,12,20H2,1H3. The number of halogens is 2. The van der Waals surface area contributed by atoms with E-state index in [4.69, 9.17) is 17.3 Å². The number of rotatable bonds is 6. The second-order valence-corrected chi connectivity index (χ2v) is 6.61. The van der Waals surface area contributed by atoms with Crippen molar-refractivity contribution >= 4 is 27.5 Å². The van der Waals surface area contributed by atoms with E-state index in [2.05, 4.69) is 46.1 Å². The van der Waals surface area contributed by atoms with Crippen molar-refractivity contribution in [2.24, 2.45) is 5.73 Å². The summed E-state index contributed by atoms with van der Waals surface area (Å²) < 4.78 is 1.11. The fraction of sp³-hybridized carbons (Fsp3) is 0.294. The molecule has 2 rings (SSSR count). The van der Waals surface area contributed by atoms with Crippen molar-refractivity contribution in [3.8, 4) is 0 Å². The van der Waals surface area contributed by atoms with Crippen molar-refractivity contribution in [3.05, 3.63) is 69.2 Å². The van der Waals surface area contributed by atoms with Crippen molar-refractivity contribution < 1.29 is 0 Å². The molecule has 0 bridgehead atoms. The minimum absolute atomic E-state index is 0.0244. The molecular formula is C17H20BrClN2. The van der Waals surface area contributed by atoms with Crippen LogP contribution in [0.25, 0.3) is 0 Å². The number of nitrogens with zero attached hydrogens (tertiary/aromatic N) is 1. The SMILES string of the molecule is CN(CCC(N)c1ccccc1Cl)Cc1cccc(Br)c1. The Labute approximate surface area is 140 Å². The Kier molecular flexibility index (Phi) is 6.24. The largest absolute Gasteiger partial charge is 0.324 e. The first-order chi connectivity index (χ1) is 10.1. The van der Waals surface area contributed by atoms with Gasteiger partial charge in [-0.2, -0.15) is 0 Å². The van der Waals surface area contributed by atoms with Crippen molar-refractivity contribution in [2.75, 3.05) is 13.6 Å². The molecule has 0 spiro atoms. The lowest BCUT2D eigenvalue weighted by Crippen LogP contribution is -2.23. The van der Waals surface area contributed by atoms with Gasteiger partial charge in [-0.25, -0.2) is 0 Å². The van der Waals surface area contributed by atoms with Gasteiger partial charge in [0.2, 0.25) is 0 Å². The molecule has 21 heavy (non-hydrogen) atoms. The van der Waals surface area contributed by atoms with Gasteiger partial charge in [-0.1, -0.05) is 57.9 Å². The van der Waals surface area contributed by atoms with Crippen molar-refractivity contribution in [2.45, 2.75) is 19.0 Å². The van der Waals surface area contributed by atoms with Gasteiger partial charge in [0.05, 0.1) is 0 Å². The first-order valence-corrected chi connectivity index (χ1v) is 8.16. The molecule has 1 atom stereocenters. The quantitative estimate of drug-likeness (QED) is 0.807. The Morgan fingerprint density at radius 1 is 1.19 bits per heavy atom. The molecule has 0 radical (unpaired) electrons. The molecule has 0 heterocycles. The highest BCUT2D eigenvalue weighted by atomic mass is 79.9. The van der Waals surface area contributed by atoms with Crippen molar-refractivity contribution in [3.63, 3.8) is 0 Å². The zero-order valence-electron chi connectivity index (χ0n) is 12.1. The number of hydrogen-bond donors (Lipinski definition) is 1.